The van der Waals surface area contributed by atoms with Crippen LogP contribution in [0.2, 0.25) is 0 Å². The van der Waals surface area contributed by atoms with Gasteiger partial charge in [0.15, 0.2) is 0 Å². The van der Waals surface area contributed by atoms with Crippen molar-refractivity contribution in [3.05, 3.63) is 33.0 Å². The molecule has 2 heterocycles. The Kier molecular flexibility index (Phi) is 2.02. The van der Waals surface area contributed by atoms with Gasteiger partial charge in [0, 0.05) is 10.8 Å². The first-order chi connectivity index (χ1) is 10.4. The molecule has 0 radical (unpaired) electrons. The first-order valence-electron chi connectivity index (χ1n) is 5.98. The molecule has 0 aliphatic heterocycles. The fraction of sp³-hybridized carbons (Fsp3) is 0. The quantitative estimate of drug-likeness (QED) is 0.342. The van der Waals surface area contributed by atoms with Crippen LogP contribution in [-0.2, 0) is 0 Å². The molecule has 2 aromatic heterocycles. The zero-order valence-corrected chi connectivity index (χ0v) is 10.5. The van der Waals surface area contributed by atoms with E-state index in [2.05, 4.69) is 0 Å². The minimum atomic E-state index is -1.01. The third kappa shape index (κ3) is 1.26. The van der Waals surface area contributed by atoms with Crippen molar-refractivity contribution in [2.24, 2.45) is 0 Å². The van der Waals surface area contributed by atoms with Gasteiger partial charge in [-0.3, -0.25) is 0 Å². The van der Waals surface area contributed by atoms with Crippen molar-refractivity contribution in [1.82, 2.24) is 0 Å². The van der Waals surface area contributed by atoms with E-state index in [4.69, 9.17) is 8.83 Å². The van der Waals surface area contributed by atoms with E-state index in [1.165, 1.54) is 0 Å². The molecule has 0 fully saturated rings. The minimum Gasteiger partial charge on any atom is -0.867 e. The van der Waals surface area contributed by atoms with E-state index in [0.29, 0.717) is 0 Å². The smallest absolute Gasteiger partial charge is 0.344 e. The molecule has 0 unspecified atom stereocenters. The molecular formula is C14H4O8-2. The Labute approximate surface area is 119 Å². The van der Waals surface area contributed by atoms with Gasteiger partial charge >= 0.3 is 11.3 Å². The number of aromatic hydroxyl groups is 2. The van der Waals surface area contributed by atoms with E-state index >= 15 is 0 Å². The van der Waals surface area contributed by atoms with Crippen LogP contribution in [0.5, 0.6) is 23.0 Å². The second-order valence-corrected chi connectivity index (χ2v) is 4.73. The second-order valence-electron chi connectivity index (χ2n) is 4.73. The molecule has 22 heavy (non-hydrogen) atoms. The molecule has 8 heteroatoms. The Morgan fingerprint density at radius 1 is 0.773 bits per heavy atom. The van der Waals surface area contributed by atoms with Crippen LogP contribution in [0.15, 0.2) is 30.6 Å². The number of benzene rings is 2. The second kappa shape index (κ2) is 3.61. The lowest BCUT2D eigenvalue weighted by Gasteiger charge is -2.17. The average Bonchev–Trinajstić information content (AvgIpc) is 2.47. The topological polar surface area (TPSA) is 147 Å². The van der Waals surface area contributed by atoms with Gasteiger partial charge in [-0.15, -0.1) is 0 Å². The molecule has 110 valence electrons. The van der Waals surface area contributed by atoms with Crippen LogP contribution in [-0.4, -0.2) is 10.2 Å². The van der Waals surface area contributed by atoms with Crippen molar-refractivity contribution in [3.63, 3.8) is 0 Å². The normalized spacial score (nSPS) is 11.8. The highest BCUT2D eigenvalue weighted by atomic mass is 16.4. The number of rotatable bonds is 0. The van der Waals surface area contributed by atoms with Crippen molar-refractivity contribution < 1.29 is 29.3 Å². The van der Waals surface area contributed by atoms with E-state index in [1.807, 2.05) is 0 Å². The molecule has 0 aliphatic rings. The molecule has 8 nitrogen and oxygen atoms in total. The first kappa shape index (κ1) is 12.3. The Bertz CT molecular complexity index is 1100. The van der Waals surface area contributed by atoms with E-state index in [1.54, 1.807) is 0 Å². The zero-order valence-electron chi connectivity index (χ0n) is 10.5. The van der Waals surface area contributed by atoms with Gasteiger partial charge in [0.2, 0.25) is 0 Å². The summed E-state index contributed by atoms with van der Waals surface area (Å²) in [6.07, 6.45) is 0. The highest BCUT2D eigenvalue weighted by Crippen LogP contribution is 2.42. The monoisotopic (exact) mass is 300 g/mol. The predicted molar refractivity (Wildman–Crippen MR) is 69.4 cm³/mol. The number of phenols is 2. The minimum absolute atomic E-state index is 0.0965. The zero-order chi connectivity index (χ0) is 15.8. The van der Waals surface area contributed by atoms with Gasteiger partial charge in [0.05, 0.1) is 10.8 Å². The van der Waals surface area contributed by atoms with E-state index in [9.17, 15) is 30.0 Å². The molecule has 0 amide bonds. The van der Waals surface area contributed by atoms with Crippen LogP contribution in [0.1, 0.15) is 0 Å². The van der Waals surface area contributed by atoms with E-state index in [-0.39, 0.29) is 21.5 Å². The summed E-state index contributed by atoms with van der Waals surface area (Å²) in [6, 6.07) is 1.76. The third-order valence-electron chi connectivity index (χ3n) is 3.51. The standard InChI is InChI=1S/C14H6O8/c15-5-1-3-7-8-4(14(20)22-11(7)9(5)17)2-6(16)10(18)12(8)21-13(3)19/h1-2,15-18H/p-2. The fourth-order valence-electron chi connectivity index (χ4n) is 2.56. The van der Waals surface area contributed by atoms with Crippen LogP contribution < -0.4 is 21.5 Å². The van der Waals surface area contributed by atoms with Crippen molar-refractivity contribution in [3.8, 4) is 23.0 Å². The largest absolute Gasteiger partial charge is 0.867 e. The first-order valence-corrected chi connectivity index (χ1v) is 5.98. The molecule has 0 aliphatic carbocycles. The van der Waals surface area contributed by atoms with Crippen molar-refractivity contribution in [2.75, 3.05) is 0 Å². The molecule has 0 bridgehead atoms. The lowest BCUT2D eigenvalue weighted by molar-refractivity contribution is -0.269. The van der Waals surface area contributed by atoms with Crippen LogP contribution in [0.25, 0.3) is 32.7 Å². The Morgan fingerprint density at radius 3 is 1.50 bits per heavy atom. The third-order valence-corrected chi connectivity index (χ3v) is 3.51. The average molecular weight is 300 g/mol. The maximum Gasteiger partial charge on any atom is 0.344 e. The highest BCUT2D eigenvalue weighted by Gasteiger charge is 2.20. The summed E-state index contributed by atoms with van der Waals surface area (Å²) >= 11 is 0. The Balaban J connectivity index is 2.55. The lowest BCUT2D eigenvalue weighted by Crippen LogP contribution is -2.09. The van der Waals surface area contributed by atoms with Gasteiger partial charge in [0.25, 0.3) is 0 Å². The van der Waals surface area contributed by atoms with E-state index in [0.717, 1.165) is 12.1 Å². The van der Waals surface area contributed by atoms with Crippen LogP contribution in [0.3, 0.4) is 0 Å². The fourth-order valence-corrected chi connectivity index (χ4v) is 2.56. The number of hydrogen-bond acceptors (Lipinski definition) is 8. The van der Waals surface area contributed by atoms with Crippen LogP contribution in [0.4, 0.5) is 0 Å². The Hall–Kier alpha value is -3.42. The van der Waals surface area contributed by atoms with E-state index < -0.39 is 45.4 Å². The maximum absolute atomic E-state index is 11.9. The lowest BCUT2D eigenvalue weighted by atomic mass is 10.0. The number of phenolic OH excluding ortho intramolecular Hbond substituents is 2. The SMILES string of the molecule is O=c1oc2c([O-])c(O)cc3c(=O)oc4c([O-])c(O)cc1c4c23. The van der Waals surface area contributed by atoms with Gasteiger partial charge in [0.1, 0.15) is 22.7 Å². The molecule has 0 atom stereocenters. The molecule has 0 spiro atoms. The van der Waals surface area contributed by atoms with Gasteiger partial charge in [-0.2, -0.15) is 0 Å². The summed E-state index contributed by atoms with van der Waals surface area (Å²) in [6.45, 7) is 0. The molecule has 4 rings (SSSR count). The number of hydrogen-bond donors (Lipinski definition) is 2. The molecule has 0 saturated carbocycles. The van der Waals surface area contributed by atoms with Gasteiger partial charge in [-0.25, -0.2) is 9.59 Å². The van der Waals surface area contributed by atoms with Crippen LogP contribution >= 0.6 is 0 Å². The highest BCUT2D eigenvalue weighted by molar-refractivity contribution is 6.22. The van der Waals surface area contributed by atoms with Gasteiger partial charge in [-0.05, 0) is 23.6 Å². The maximum atomic E-state index is 11.9. The summed E-state index contributed by atoms with van der Waals surface area (Å²) in [5.74, 6) is -3.55. The van der Waals surface area contributed by atoms with Gasteiger partial charge < -0.3 is 29.3 Å². The van der Waals surface area contributed by atoms with Crippen molar-refractivity contribution in [2.45, 2.75) is 0 Å². The van der Waals surface area contributed by atoms with Crippen LogP contribution in [0, 0.1) is 0 Å². The molecular weight excluding hydrogens is 296 g/mol. The van der Waals surface area contributed by atoms with Gasteiger partial charge in [-0.1, -0.05) is 0 Å². The summed E-state index contributed by atoms with van der Waals surface area (Å²) in [5, 5.41) is 42.3. The summed E-state index contributed by atoms with van der Waals surface area (Å²) in [7, 11) is 0. The molecule has 2 aromatic carbocycles. The van der Waals surface area contributed by atoms with Crippen molar-refractivity contribution in [1.29, 1.82) is 0 Å². The molecule has 2 N–H and O–H groups in total. The molecule has 4 aromatic rings. The summed E-state index contributed by atoms with van der Waals surface area (Å²) < 4.78 is 9.70. The summed E-state index contributed by atoms with van der Waals surface area (Å²) in [5.41, 5.74) is -3.11. The molecule has 0 saturated heterocycles. The van der Waals surface area contributed by atoms with Crippen molar-refractivity contribution >= 4 is 32.7 Å². The summed E-state index contributed by atoms with van der Waals surface area (Å²) in [4.78, 5) is 23.9. The Morgan fingerprint density at radius 2 is 1.14 bits per heavy atom. The predicted octanol–water partition coefficient (Wildman–Crippen LogP) is 0.0488.